The number of benzene rings is 1. The molecule has 0 spiro atoms. The molecule has 4 heteroatoms. The van der Waals surface area contributed by atoms with Crippen LogP contribution < -0.4 is 5.73 Å². The van der Waals surface area contributed by atoms with Gasteiger partial charge >= 0.3 is 0 Å². The van der Waals surface area contributed by atoms with Crippen LogP contribution in [-0.4, -0.2) is 19.3 Å². The van der Waals surface area contributed by atoms with E-state index >= 15 is 0 Å². The maximum atomic E-state index is 6.26. The second-order valence-electron chi connectivity index (χ2n) is 4.55. The maximum Gasteiger partial charge on any atom is 0.0469 e. The van der Waals surface area contributed by atoms with Gasteiger partial charge in [0.25, 0.3) is 0 Å². The third kappa shape index (κ3) is 3.68. The van der Waals surface area contributed by atoms with Crippen molar-refractivity contribution in [2.24, 2.45) is 11.7 Å². The van der Waals surface area contributed by atoms with Crippen molar-refractivity contribution < 1.29 is 4.74 Å². The van der Waals surface area contributed by atoms with E-state index < -0.39 is 0 Å². The predicted molar refractivity (Wildman–Crippen MR) is 74.4 cm³/mol. The lowest BCUT2D eigenvalue weighted by Crippen LogP contribution is -2.36. The van der Waals surface area contributed by atoms with Gasteiger partial charge in [0.1, 0.15) is 0 Å². The van der Waals surface area contributed by atoms with Crippen LogP contribution in [-0.2, 0) is 11.2 Å². The highest BCUT2D eigenvalue weighted by Gasteiger charge is 2.21. The first-order chi connectivity index (χ1) is 8.16. The highest BCUT2D eigenvalue weighted by atomic mass is 79.9. The molecule has 2 nitrogen and oxygen atoms in total. The summed E-state index contributed by atoms with van der Waals surface area (Å²) in [4.78, 5) is 0. The molecule has 2 N–H and O–H groups in total. The molecule has 0 amide bonds. The molecule has 0 saturated carbocycles. The van der Waals surface area contributed by atoms with E-state index in [0.717, 1.165) is 47.5 Å². The van der Waals surface area contributed by atoms with Crippen LogP contribution in [0.1, 0.15) is 18.4 Å². The topological polar surface area (TPSA) is 35.2 Å². The minimum absolute atomic E-state index is 0.178. The Balaban J connectivity index is 1.99. The number of halogens is 2. The zero-order valence-electron chi connectivity index (χ0n) is 9.66. The van der Waals surface area contributed by atoms with Gasteiger partial charge < -0.3 is 10.5 Å². The Morgan fingerprint density at radius 1 is 1.41 bits per heavy atom. The van der Waals surface area contributed by atoms with Gasteiger partial charge in [0, 0.05) is 28.8 Å². The first kappa shape index (κ1) is 13.3. The average Bonchev–Trinajstić information content (AvgIpc) is 2.34. The monoisotopic (exact) mass is 317 g/mol. The fraction of sp³-hybridized carbons (Fsp3) is 0.538. The number of nitrogens with two attached hydrogens (primary N) is 1. The summed E-state index contributed by atoms with van der Waals surface area (Å²) >= 11 is 9.61. The number of hydrogen-bond donors (Lipinski definition) is 1. The Kier molecular flexibility index (Phi) is 4.86. The van der Waals surface area contributed by atoms with Gasteiger partial charge in [-0.1, -0.05) is 33.6 Å². The van der Waals surface area contributed by atoms with Crippen LogP contribution in [0.5, 0.6) is 0 Å². The van der Waals surface area contributed by atoms with E-state index in [9.17, 15) is 0 Å². The third-order valence-corrected chi connectivity index (χ3v) is 4.19. The van der Waals surface area contributed by atoms with Crippen LogP contribution in [0.15, 0.2) is 22.7 Å². The number of ether oxygens (including phenoxy) is 1. The molecule has 0 aromatic heterocycles. The van der Waals surface area contributed by atoms with E-state index in [-0.39, 0.29) is 6.04 Å². The van der Waals surface area contributed by atoms with Crippen LogP contribution in [0, 0.1) is 5.92 Å². The van der Waals surface area contributed by atoms with E-state index in [2.05, 4.69) is 15.9 Å². The predicted octanol–water partition coefficient (Wildman–Crippen LogP) is 3.40. The summed E-state index contributed by atoms with van der Waals surface area (Å²) < 4.78 is 6.36. The lowest BCUT2D eigenvalue weighted by molar-refractivity contribution is 0.0585. The van der Waals surface area contributed by atoms with Gasteiger partial charge in [-0.15, -0.1) is 0 Å². The Hall–Kier alpha value is -0.0900. The molecule has 0 bridgehead atoms. The van der Waals surface area contributed by atoms with E-state index in [0.29, 0.717) is 5.92 Å². The molecule has 1 saturated heterocycles. The average molecular weight is 319 g/mol. The molecule has 1 aromatic carbocycles. The summed E-state index contributed by atoms with van der Waals surface area (Å²) in [5.41, 5.74) is 7.39. The summed E-state index contributed by atoms with van der Waals surface area (Å²) in [6.45, 7) is 1.68. The van der Waals surface area contributed by atoms with Crippen molar-refractivity contribution in [2.45, 2.75) is 25.3 Å². The molecule has 1 atom stereocenters. The lowest BCUT2D eigenvalue weighted by Gasteiger charge is -2.27. The van der Waals surface area contributed by atoms with Crippen molar-refractivity contribution in [3.05, 3.63) is 33.3 Å². The van der Waals surface area contributed by atoms with Crippen molar-refractivity contribution in [3.63, 3.8) is 0 Å². The maximum absolute atomic E-state index is 6.26. The van der Waals surface area contributed by atoms with Gasteiger partial charge in [-0.05, 0) is 42.9 Å². The van der Waals surface area contributed by atoms with Crippen molar-refractivity contribution in [2.75, 3.05) is 13.2 Å². The standard InChI is InChI=1S/C13H17BrClNO/c14-11-2-1-10(12(15)8-11)7-13(16)9-3-5-17-6-4-9/h1-2,8-9,13H,3-7,16H2. The summed E-state index contributed by atoms with van der Waals surface area (Å²) in [7, 11) is 0. The van der Waals surface area contributed by atoms with Crippen molar-refractivity contribution in [1.29, 1.82) is 0 Å². The van der Waals surface area contributed by atoms with Gasteiger partial charge in [0.05, 0.1) is 0 Å². The highest BCUT2D eigenvalue weighted by Crippen LogP contribution is 2.25. The van der Waals surface area contributed by atoms with Crippen LogP contribution in [0.4, 0.5) is 0 Å². The first-order valence-electron chi connectivity index (χ1n) is 5.94. The van der Waals surface area contributed by atoms with Crippen LogP contribution >= 0.6 is 27.5 Å². The molecule has 1 fully saturated rings. The minimum atomic E-state index is 0.178. The molecular formula is C13H17BrClNO. The van der Waals surface area contributed by atoms with Gasteiger partial charge in [-0.3, -0.25) is 0 Å². The first-order valence-corrected chi connectivity index (χ1v) is 7.11. The molecule has 1 aromatic rings. The van der Waals surface area contributed by atoms with E-state index in [1.807, 2.05) is 18.2 Å². The van der Waals surface area contributed by atoms with E-state index in [1.54, 1.807) is 0 Å². The van der Waals surface area contributed by atoms with E-state index in [4.69, 9.17) is 22.1 Å². The summed E-state index contributed by atoms with van der Waals surface area (Å²) in [5.74, 6) is 0.559. The SMILES string of the molecule is NC(Cc1ccc(Br)cc1Cl)C1CCOCC1. The second-order valence-corrected chi connectivity index (χ2v) is 5.88. The Labute approximate surface area is 116 Å². The lowest BCUT2D eigenvalue weighted by atomic mass is 9.88. The summed E-state index contributed by atoms with van der Waals surface area (Å²) in [6.07, 6.45) is 2.97. The molecule has 94 valence electrons. The Bertz CT molecular complexity index is 380. The third-order valence-electron chi connectivity index (χ3n) is 3.34. The minimum Gasteiger partial charge on any atom is -0.381 e. The summed E-state index contributed by atoms with van der Waals surface area (Å²) in [6, 6.07) is 6.16. The largest absolute Gasteiger partial charge is 0.381 e. The molecule has 0 aliphatic carbocycles. The normalized spacial score (nSPS) is 19.2. The molecule has 1 unspecified atom stereocenters. The highest BCUT2D eigenvalue weighted by molar-refractivity contribution is 9.10. The quantitative estimate of drug-likeness (QED) is 0.927. The van der Waals surface area contributed by atoms with Crippen molar-refractivity contribution in [3.8, 4) is 0 Å². The molecule has 1 aliphatic rings. The van der Waals surface area contributed by atoms with Crippen molar-refractivity contribution in [1.82, 2.24) is 0 Å². The molecule has 1 heterocycles. The smallest absolute Gasteiger partial charge is 0.0469 e. The molecule has 2 rings (SSSR count). The number of rotatable bonds is 3. The van der Waals surface area contributed by atoms with Gasteiger partial charge in [0.2, 0.25) is 0 Å². The van der Waals surface area contributed by atoms with Crippen LogP contribution in [0.3, 0.4) is 0 Å². The molecule has 17 heavy (non-hydrogen) atoms. The number of hydrogen-bond acceptors (Lipinski definition) is 2. The Morgan fingerprint density at radius 2 is 2.12 bits per heavy atom. The molecular weight excluding hydrogens is 302 g/mol. The summed E-state index contributed by atoms with van der Waals surface area (Å²) in [5, 5.41) is 0.793. The fourth-order valence-electron chi connectivity index (χ4n) is 2.25. The molecule has 0 radical (unpaired) electrons. The second kappa shape index (κ2) is 6.19. The van der Waals surface area contributed by atoms with Gasteiger partial charge in [-0.25, -0.2) is 0 Å². The van der Waals surface area contributed by atoms with Crippen molar-refractivity contribution >= 4 is 27.5 Å². The van der Waals surface area contributed by atoms with Crippen LogP contribution in [0.2, 0.25) is 5.02 Å². The zero-order chi connectivity index (χ0) is 12.3. The van der Waals surface area contributed by atoms with Crippen LogP contribution in [0.25, 0.3) is 0 Å². The zero-order valence-corrected chi connectivity index (χ0v) is 12.0. The van der Waals surface area contributed by atoms with Gasteiger partial charge in [-0.2, -0.15) is 0 Å². The van der Waals surface area contributed by atoms with Gasteiger partial charge in [0.15, 0.2) is 0 Å². The Morgan fingerprint density at radius 3 is 2.76 bits per heavy atom. The van der Waals surface area contributed by atoms with E-state index in [1.165, 1.54) is 0 Å². The molecule has 1 aliphatic heterocycles. The fourth-order valence-corrected chi connectivity index (χ4v) is 3.00.